The summed E-state index contributed by atoms with van der Waals surface area (Å²) in [4.78, 5) is 11.4. The average Bonchev–Trinajstić information content (AvgIpc) is 2.92. The maximum absolute atomic E-state index is 10.3. The standard InChI is InChI=1S/C18H17N3O.C5H7ClN5.2C2H6.2Y/c1-11-8-13-10-12(2)17(19)18(16(13)15(22)9-11)21-20-14-6-4-3-5-7-14;1-7-4-9-3(6)10-5(8-2)11-4;2*1-2;;/h3-10,22H,19H2,1-2H3;1-2H3,(H-,7,8,9,10,11);2*1-2H3;;/q;-1;;;;. The Morgan fingerprint density at radius 2 is 1.54 bits per heavy atom. The molecule has 4 aromatic rings. The Morgan fingerprint density at radius 3 is 2.10 bits per heavy atom. The number of anilines is 2. The molecule has 2 radical (unpaired) electrons. The summed E-state index contributed by atoms with van der Waals surface area (Å²) in [7, 11) is 3.29. The van der Waals surface area contributed by atoms with Gasteiger partial charge in [-0.3, -0.25) is 0 Å². The maximum Gasteiger partial charge on any atom is 0.154 e. The van der Waals surface area contributed by atoms with Crippen LogP contribution in [0.1, 0.15) is 38.8 Å². The molecule has 0 aliphatic rings. The van der Waals surface area contributed by atoms with Gasteiger partial charge in [-0.2, -0.15) is 5.11 Å². The molecule has 4 N–H and O–H groups in total. The maximum atomic E-state index is 10.3. The van der Waals surface area contributed by atoms with Gasteiger partial charge in [0, 0.05) is 78.4 Å². The molecule has 39 heavy (non-hydrogen) atoms. The normalized spacial score (nSPS) is 9.36. The number of aryl methyl sites for hydroxylation is 2. The monoisotopic (exact) mass is 701 g/mol. The predicted octanol–water partition coefficient (Wildman–Crippen LogP) is 8.41. The Morgan fingerprint density at radius 1 is 0.923 bits per heavy atom. The van der Waals surface area contributed by atoms with Gasteiger partial charge in [0.2, 0.25) is 0 Å². The van der Waals surface area contributed by atoms with Crippen LogP contribution in [0, 0.1) is 13.8 Å². The topological polar surface area (TPSA) is 136 Å². The van der Waals surface area contributed by atoms with Crippen molar-refractivity contribution >= 4 is 51.3 Å². The molecule has 0 aliphatic carbocycles. The zero-order valence-electron chi connectivity index (χ0n) is 23.9. The summed E-state index contributed by atoms with van der Waals surface area (Å²) in [6.45, 7) is 11.9. The summed E-state index contributed by atoms with van der Waals surface area (Å²) in [5.74, 6) is 0.920. The molecule has 0 amide bonds. The number of nitrogens with two attached hydrogens (primary N) is 1. The second-order valence-corrected chi connectivity index (χ2v) is 7.41. The zero-order chi connectivity index (χ0) is 28.0. The number of rotatable bonds is 4. The van der Waals surface area contributed by atoms with Crippen molar-refractivity contribution in [3.8, 4) is 5.75 Å². The molecule has 0 bridgehead atoms. The molecule has 3 aromatic carbocycles. The van der Waals surface area contributed by atoms with Crippen LogP contribution in [0.4, 0.5) is 29.0 Å². The number of hydrogen-bond acceptors (Lipinski definition) is 8. The van der Waals surface area contributed by atoms with Crippen LogP contribution in [0.5, 0.6) is 5.75 Å². The van der Waals surface area contributed by atoms with Crippen LogP contribution in [-0.4, -0.2) is 34.2 Å². The number of hydrogen-bond donors (Lipinski definition) is 3. The van der Waals surface area contributed by atoms with Crippen LogP contribution in [-0.2, 0) is 65.4 Å². The number of nitrogen functional groups attached to an aromatic ring is 1. The number of azo groups is 1. The third-order valence-corrected chi connectivity index (χ3v) is 4.79. The molecule has 0 saturated heterocycles. The first-order valence-electron chi connectivity index (χ1n) is 12.0. The van der Waals surface area contributed by atoms with Gasteiger partial charge in [-0.05, 0) is 61.7 Å². The van der Waals surface area contributed by atoms with Crippen molar-refractivity contribution in [2.75, 3.05) is 25.1 Å². The summed E-state index contributed by atoms with van der Waals surface area (Å²) in [6.07, 6.45) is 0. The van der Waals surface area contributed by atoms with Crippen LogP contribution in [0.25, 0.3) is 16.1 Å². The van der Waals surface area contributed by atoms with E-state index in [1.165, 1.54) is 0 Å². The van der Waals surface area contributed by atoms with E-state index in [0.29, 0.717) is 28.7 Å². The number of benzene rings is 3. The van der Waals surface area contributed by atoms with E-state index in [0.717, 1.165) is 22.2 Å². The van der Waals surface area contributed by atoms with E-state index in [1.807, 2.05) is 84.0 Å². The van der Waals surface area contributed by atoms with Crippen molar-refractivity contribution in [1.82, 2.24) is 15.0 Å². The minimum absolute atomic E-state index is 0. The van der Waals surface area contributed by atoms with Gasteiger partial charge < -0.3 is 31.4 Å². The van der Waals surface area contributed by atoms with Gasteiger partial charge in [-0.25, -0.2) is 4.98 Å². The van der Waals surface area contributed by atoms with Gasteiger partial charge in [0.1, 0.15) is 11.4 Å². The smallest absolute Gasteiger partial charge is 0.154 e. The Kier molecular flexibility index (Phi) is 21.2. The van der Waals surface area contributed by atoms with Crippen molar-refractivity contribution in [3.05, 3.63) is 70.3 Å². The van der Waals surface area contributed by atoms with Crippen molar-refractivity contribution in [3.63, 3.8) is 0 Å². The van der Waals surface area contributed by atoms with Gasteiger partial charge in [0.15, 0.2) is 11.2 Å². The molecule has 0 unspecified atom stereocenters. The molecule has 12 heteroatoms. The van der Waals surface area contributed by atoms with Crippen molar-refractivity contribution in [1.29, 1.82) is 0 Å². The Labute approximate surface area is 287 Å². The quantitative estimate of drug-likeness (QED) is 0.144. The third-order valence-electron chi connectivity index (χ3n) is 4.62. The minimum atomic E-state index is 0. The SMILES string of the molecule is CC.CC.C[N-]c1nc(Cl)nc(NC)n1.Cc1cc(O)c2c(N=Nc3ccccc3)c(N)c(C)cc2c1.[Y].[Y]. The van der Waals surface area contributed by atoms with Gasteiger partial charge in [-0.1, -0.05) is 63.6 Å². The molecular weight excluding hydrogens is 666 g/mol. The average molecular weight is 702 g/mol. The number of halogens is 1. The van der Waals surface area contributed by atoms with Crippen LogP contribution in [0.15, 0.2) is 58.8 Å². The van der Waals surface area contributed by atoms with Crippen LogP contribution in [0.2, 0.25) is 5.28 Å². The first-order chi connectivity index (χ1) is 17.8. The number of aromatic nitrogens is 3. The Hall–Kier alpha value is -1.77. The van der Waals surface area contributed by atoms with E-state index >= 15 is 0 Å². The summed E-state index contributed by atoms with van der Waals surface area (Å²) in [6, 6.07) is 15.1. The summed E-state index contributed by atoms with van der Waals surface area (Å²) in [5, 5.41) is 27.0. The van der Waals surface area contributed by atoms with Gasteiger partial charge in [0.05, 0.1) is 16.8 Å². The van der Waals surface area contributed by atoms with E-state index in [1.54, 1.807) is 20.2 Å². The van der Waals surface area contributed by atoms with E-state index in [4.69, 9.17) is 17.3 Å². The Bertz CT molecular complexity index is 1290. The number of aromatic hydroxyl groups is 1. The largest absolute Gasteiger partial charge is 0.507 e. The number of phenols is 1. The molecular formula is C27H36ClN8OY2-. The predicted molar refractivity (Wildman–Crippen MR) is 156 cm³/mol. The zero-order valence-corrected chi connectivity index (χ0v) is 30.3. The summed E-state index contributed by atoms with van der Waals surface area (Å²) >= 11 is 5.55. The van der Waals surface area contributed by atoms with Gasteiger partial charge >= 0.3 is 0 Å². The van der Waals surface area contributed by atoms with Gasteiger partial charge in [-0.15, -0.1) is 5.11 Å². The number of nitrogens with zero attached hydrogens (tertiary/aromatic N) is 6. The number of fused-ring (bicyclic) bond motifs is 1. The molecule has 0 aliphatic heterocycles. The molecule has 0 fully saturated rings. The van der Waals surface area contributed by atoms with Crippen LogP contribution >= 0.6 is 11.6 Å². The molecule has 0 spiro atoms. The van der Waals surface area contributed by atoms with Crippen molar-refractivity contribution < 1.29 is 70.5 Å². The van der Waals surface area contributed by atoms with Crippen LogP contribution < -0.4 is 11.1 Å². The summed E-state index contributed by atoms with van der Waals surface area (Å²) in [5.41, 5.74) is 9.84. The van der Waals surface area contributed by atoms with Crippen LogP contribution in [0.3, 0.4) is 0 Å². The fraction of sp³-hybridized carbons (Fsp3) is 0.296. The first-order valence-corrected chi connectivity index (χ1v) is 12.4. The second kappa shape index (κ2) is 21.0. The van der Waals surface area contributed by atoms with E-state index in [9.17, 15) is 5.11 Å². The second-order valence-electron chi connectivity index (χ2n) is 7.08. The Balaban J connectivity index is 0. The minimum Gasteiger partial charge on any atom is -0.507 e. The van der Waals surface area contributed by atoms with E-state index in [2.05, 4.69) is 35.8 Å². The van der Waals surface area contributed by atoms with Gasteiger partial charge in [0.25, 0.3) is 0 Å². The molecule has 0 atom stereocenters. The molecule has 4 rings (SSSR count). The third kappa shape index (κ3) is 12.1. The number of phenolic OH excluding ortho intramolecular Hbond substituents is 1. The fourth-order valence-electron chi connectivity index (χ4n) is 3.06. The number of nitrogens with one attached hydrogen (secondary N) is 1. The van der Waals surface area contributed by atoms with E-state index in [-0.39, 0.29) is 76.5 Å². The van der Waals surface area contributed by atoms with E-state index < -0.39 is 0 Å². The van der Waals surface area contributed by atoms with Crippen molar-refractivity contribution in [2.45, 2.75) is 41.5 Å². The molecule has 9 nitrogen and oxygen atoms in total. The first kappa shape index (κ1) is 39.4. The fourth-order valence-corrected chi connectivity index (χ4v) is 3.21. The molecule has 1 heterocycles. The molecule has 204 valence electrons. The molecule has 0 saturated carbocycles. The molecule has 1 aromatic heterocycles. The summed E-state index contributed by atoms with van der Waals surface area (Å²) < 4.78 is 0. The van der Waals surface area contributed by atoms with Crippen molar-refractivity contribution in [2.24, 2.45) is 10.2 Å².